The van der Waals surface area contributed by atoms with E-state index in [1.807, 2.05) is 66.8 Å². The molecule has 0 aliphatic rings. The maximum atomic E-state index is 6.15. The van der Waals surface area contributed by atoms with Crippen molar-refractivity contribution in [3.8, 4) is 11.1 Å². The van der Waals surface area contributed by atoms with Gasteiger partial charge in [-0.3, -0.25) is 0 Å². The van der Waals surface area contributed by atoms with Crippen LogP contribution in [-0.4, -0.2) is 4.40 Å². The van der Waals surface area contributed by atoms with E-state index in [9.17, 15) is 0 Å². The van der Waals surface area contributed by atoms with Crippen molar-refractivity contribution in [2.24, 2.45) is 0 Å². The summed E-state index contributed by atoms with van der Waals surface area (Å²) in [5.41, 5.74) is 14.6. The molecular weight excluding hydrogens is 797 g/mol. The molecule has 304 valence electrons. The Morgan fingerprint density at radius 1 is 0.562 bits per heavy atom. The monoisotopic (exact) mass is 838 g/mol. The summed E-state index contributed by atoms with van der Waals surface area (Å²) >= 11 is 1.76. The quantitative estimate of drug-likeness (QED) is 0.128. The van der Waals surface area contributed by atoms with Gasteiger partial charge in [-0.15, -0.1) is 11.3 Å². The molecular formula is C60H42N2OS. The maximum Gasteiger partial charge on any atom is 0.133 e. The van der Waals surface area contributed by atoms with E-state index in [4.69, 9.17) is 4.42 Å². The SMILES string of the molecule is C=C/C(=C\c1csc2ccccc12)c1ccc(N(C(=C)/C=C\C(=C)c2ccccc3ccccc3oc2)c2ccc(-c3cc4c5ccccc5n5c6ccccc6c(c3)c45)cc2)cc1. The van der Waals surface area contributed by atoms with Crippen molar-refractivity contribution < 1.29 is 4.42 Å². The van der Waals surface area contributed by atoms with Crippen LogP contribution in [0.2, 0.25) is 0 Å². The van der Waals surface area contributed by atoms with E-state index in [-0.39, 0.29) is 0 Å². The fraction of sp³-hybridized carbons (Fsp3) is 0. The molecule has 0 aliphatic heterocycles. The van der Waals surface area contributed by atoms with Crippen molar-refractivity contribution in [1.29, 1.82) is 0 Å². The second kappa shape index (κ2) is 16.3. The lowest BCUT2D eigenvalue weighted by Gasteiger charge is -2.26. The summed E-state index contributed by atoms with van der Waals surface area (Å²) in [6.07, 6.45) is 9.94. The van der Waals surface area contributed by atoms with Gasteiger partial charge in [0.05, 0.1) is 22.8 Å². The van der Waals surface area contributed by atoms with Crippen LogP contribution in [0.5, 0.6) is 0 Å². The van der Waals surface area contributed by atoms with Gasteiger partial charge in [-0.2, -0.15) is 0 Å². The number of fused-ring (bicyclic) bond motifs is 8. The lowest BCUT2D eigenvalue weighted by atomic mass is 9.99. The molecule has 64 heavy (non-hydrogen) atoms. The number of hydrogen-bond acceptors (Lipinski definition) is 3. The molecule has 7 aromatic carbocycles. The number of allylic oxidation sites excluding steroid dienone is 5. The predicted octanol–water partition coefficient (Wildman–Crippen LogP) is 17.2. The fourth-order valence-electron chi connectivity index (χ4n) is 9.00. The van der Waals surface area contributed by atoms with E-state index in [1.165, 1.54) is 59.3 Å². The van der Waals surface area contributed by atoms with Crippen LogP contribution >= 0.6 is 11.3 Å². The van der Waals surface area contributed by atoms with Gasteiger partial charge in [-0.05, 0) is 117 Å². The van der Waals surface area contributed by atoms with E-state index >= 15 is 0 Å². The van der Waals surface area contributed by atoms with Crippen LogP contribution in [0.3, 0.4) is 0 Å². The van der Waals surface area contributed by atoms with E-state index < -0.39 is 0 Å². The minimum Gasteiger partial charge on any atom is -0.464 e. The number of thiophene rings is 1. The summed E-state index contributed by atoms with van der Waals surface area (Å²) in [6, 6.07) is 64.2. The van der Waals surface area contributed by atoms with Gasteiger partial charge in [0.1, 0.15) is 5.58 Å². The summed E-state index contributed by atoms with van der Waals surface area (Å²) in [5, 5.41) is 9.53. The third kappa shape index (κ3) is 6.87. The molecule has 11 aromatic rings. The van der Waals surface area contributed by atoms with Crippen LogP contribution in [-0.2, 0) is 0 Å². The lowest BCUT2D eigenvalue weighted by molar-refractivity contribution is 0.605. The largest absolute Gasteiger partial charge is 0.464 e. The average molecular weight is 839 g/mol. The average Bonchev–Trinajstić information content (AvgIpc) is 4.04. The van der Waals surface area contributed by atoms with Crippen molar-refractivity contribution in [2.75, 3.05) is 4.90 Å². The van der Waals surface area contributed by atoms with Crippen molar-refractivity contribution in [1.82, 2.24) is 4.40 Å². The molecule has 0 saturated carbocycles. The molecule has 0 bridgehead atoms. The van der Waals surface area contributed by atoms with Gasteiger partial charge in [-0.1, -0.05) is 153 Å². The summed E-state index contributed by atoms with van der Waals surface area (Å²) < 4.78 is 9.84. The predicted molar refractivity (Wildman–Crippen MR) is 276 cm³/mol. The summed E-state index contributed by atoms with van der Waals surface area (Å²) in [6.45, 7) is 13.3. The summed E-state index contributed by atoms with van der Waals surface area (Å²) in [4.78, 5) is 2.19. The number of benzene rings is 7. The molecule has 4 aromatic heterocycles. The van der Waals surface area contributed by atoms with Gasteiger partial charge in [0, 0.05) is 54.3 Å². The highest BCUT2D eigenvalue weighted by Crippen LogP contribution is 2.42. The Morgan fingerprint density at radius 3 is 1.84 bits per heavy atom. The third-order valence-corrected chi connectivity index (χ3v) is 13.2. The molecule has 3 nitrogen and oxygen atoms in total. The van der Waals surface area contributed by atoms with E-state index in [0.717, 1.165) is 55.9 Å². The van der Waals surface area contributed by atoms with Gasteiger partial charge < -0.3 is 13.7 Å². The highest BCUT2D eigenvalue weighted by Gasteiger charge is 2.19. The zero-order chi connectivity index (χ0) is 43.1. The van der Waals surface area contributed by atoms with Crippen molar-refractivity contribution in [2.45, 2.75) is 0 Å². The molecule has 0 fully saturated rings. The molecule has 4 heterocycles. The van der Waals surface area contributed by atoms with Crippen LogP contribution < -0.4 is 4.90 Å². The summed E-state index contributed by atoms with van der Waals surface area (Å²) in [7, 11) is 0. The van der Waals surface area contributed by atoms with Crippen LogP contribution in [0.4, 0.5) is 11.4 Å². The Hall–Kier alpha value is -8.18. The Bertz CT molecular complexity index is 3640. The first-order chi connectivity index (χ1) is 31.5. The van der Waals surface area contributed by atoms with Crippen molar-refractivity contribution in [3.05, 3.63) is 254 Å². The number of hydrogen-bond donors (Lipinski definition) is 0. The molecule has 0 unspecified atom stereocenters. The Morgan fingerprint density at radius 2 is 1.16 bits per heavy atom. The minimum atomic E-state index is 0.781. The number of rotatable bonds is 10. The Balaban J connectivity index is 0.969. The van der Waals surface area contributed by atoms with Crippen LogP contribution in [0.1, 0.15) is 16.7 Å². The van der Waals surface area contributed by atoms with E-state index in [0.29, 0.717) is 0 Å². The van der Waals surface area contributed by atoms with Crippen molar-refractivity contribution >= 4 is 99.1 Å². The lowest BCUT2D eigenvalue weighted by Crippen LogP contribution is -2.14. The van der Waals surface area contributed by atoms with Gasteiger partial charge in [0.15, 0.2) is 0 Å². The molecule has 0 radical (unpaired) electrons. The fourth-order valence-corrected chi connectivity index (χ4v) is 9.92. The first kappa shape index (κ1) is 38.7. The molecule has 11 rings (SSSR count). The molecule has 0 saturated heterocycles. The summed E-state index contributed by atoms with van der Waals surface area (Å²) in [5.74, 6) is 0. The first-order valence-electron chi connectivity index (χ1n) is 21.4. The molecule has 0 amide bonds. The van der Waals surface area contributed by atoms with Crippen LogP contribution in [0.25, 0.3) is 87.5 Å². The minimum absolute atomic E-state index is 0.781. The van der Waals surface area contributed by atoms with E-state index in [2.05, 4.69) is 174 Å². The van der Waals surface area contributed by atoms with Crippen LogP contribution in [0, 0.1) is 0 Å². The third-order valence-electron chi connectivity index (χ3n) is 12.2. The molecule has 0 aliphatic carbocycles. The highest BCUT2D eigenvalue weighted by atomic mass is 32.1. The standard InChI is InChI=1S/C60H42N2OS/c1-4-42(35-48-39-64-59-24-14-10-18-51(48)59)43-27-31-49(32-28-43)61(41(3)26-25-40(2)46-17-6-5-15-45-16-7-13-23-58(45)63-38-46)50-33-29-44(30-34-50)47-36-54-52-19-8-11-21-56(52)62-57-22-12-9-20-53(57)55(37-47)60(54)62/h4-39H,1-3H2/b15-5?,17-6?,26-25-,42-35+,46-38?. The number of anilines is 2. The second-order valence-electron chi connectivity index (χ2n) is 16.0. The maximum absolute atomic E-state index is 6.15. The molecule has 4 heteroatoms. The van der Waals surface area contributed by atoms with E-state index in [1.54, 1.807) is 17.6 Å². The van der Waals surface area contributed by atoms with Crippen LogP contribution in [0.15, 0.2) is 242 Å². The normalized spacial score (nSPS) is 12.0. The van der Waals surface area contributed by atoms with Gasteiger partial charge >= 0.3 is 0 Å². The number of aromatic nitrogens is 1. The first-order valence-corrected chi connectivity index (χ1v) is 22.3. The molecule has 0 spiro atoms. The highest BCUT2D eigenvalue weighted by molar-refractivity contribution is 7.17. The zero-order valence-electron chi connectivity index (χ0n) is 35.1. The molecule has 0 atom stereocenters. The van der Waals surface area contributed by atoms with Gasteiger partial charge in [0.25, 0.3) is 0 Å². The Labute approximate surface area is 376 Å². The van der Waals surface area contributed by atoms with Gasteiger partial charge in [-0.25, -0.2) is 0 Å². The number of nitrogens with zero attached hydrogens (tertiary/aromatic N) is 2. The topological polar surface area (TPSA) is 20.8 Å². The van der Waals surface area contributed by atoms with Gasteiger partial charge in [0.2, 0.25) is 0 Å². The number of para-hydroxylation sites is 3. The molecule has 0 N–H and O–H groups in total. The second-order valence-corrected chi connectivity index (χ2v) is 16.9. The Kier molecular flexibility index (Phi) is 9.84. The smallest absolute Gasteiger partial charge is 0.133 e. The van der Waals surface area contributed by atoms with Crippen molar-refractivity contribution in [3.63, 3.8) is 0 Å². The zero-order valence-corrected chi connectivity index (χ0v) is 35.9.